The van der Waals surface area contributed by atoms with Crippen molar-refractivity contribution in [1.82, 2.24) is 10.2 Å². The van der Waals surface area contributed by atoms with Crippen molar-refractivity contribution < 1.29 is 13.5 Å². The third-order valence-corrected chi connectivity index (χ3v) is 2.09. The number of hydrogen-bond donors (Lipinski definition) is 1. The minimum atomic E-state index is -2.82. The lowest BCUT2D eigenvalue weighted by atomic mass is 10.1. The zero-order valence-electron chi connectivity index (χ0n) is 8.68. The molecule has 1 heterocycles. The molecule has 0 radical (unpaired) electrons. The van der Waals surface area contributed by atoms with Crippen LogP contribution in [0.2, 0.25) is 0 Å². The minimum absolute atomic E-state index is 0.110. The van der Waals surface area contributed by atoms with E-state index in [1.54, 1.807) is 24.4 Å². The van der Waals surface area contributed by atoms with Crippen molar-refractivity contribution in [2.45, 2.75) is 6.61 Å². The van der Waals surface area contributed by atoms with Crippen LogP contribution >= 0.6 is 0 Å². The minimum Gasteiger partial charge on any atom is -0.435 e. The van der Waals surface area contributed by atoms with Gasteiger partial charge in [-0.3, -0.25) is 0 Å². The highest BCUT2D eigenvalue weighted by atomic mass is 19.3. The van der Waals surface area contributed by atoms with Gasteiger partial charge in [0, 0.05) is 5.56 Å². The normalized spacial score (nSPS) is 10.5. The Bertz CT molecular complexity index is 502. The van der Waals surface area contributed by atoms with Gasteiger partial charge in [-0.15, -0.1) is 5.10 Å². The highest BCUT2D eigenvalue weighted by Crippen LogP contribution is 2.23. The summed E-state index contributed by atoms with van der Waals surface area (Å²) in [5.74, 6) is 0.411. The van der Waals surface area contributed by atoms with Gasteiger partial charge in [0.15, 0.2) is 0 Å². The number of halogens is 2. The van der Waals surface area contributed by atoms with Gasteiger partial charge in [0.1, 0.15) is 11.6 Å². The molecule has 1 aromatic heterocycles. The summed E-state index contributed by atoms with van der Waals surface area (Å²) < 4.78 is 28.1. The molecule has 2 N–H and O–H groups in total. The molecular weight excluding hydrogens is 228 g/mol. The number of ether oxygens (including phenoxy) is 1. The summed E-state index contributed by atoms with van der Waals surface area (Å²) in [5.41, 5.74) is 7.06. The Kier molecular flexibility index (Phi) is 3.13. The monoisotopic (exact) mass is 237 g/mol. The number of anilines is 1. The first-order chi connectivity index (χ1) is 8.15. The summed E-state index contributed by atoms with van der Waals surface area (Å²) in [6, 6.07) is 7.86. The lowest BCUT2D eigenvalue weighted by Crippen LogP contribution is -2.01. The van der Waals surface area contributed by atoms with Crippen LogP contribution in [0.3, 0.4) is 0 Å². The standard InChI is InChI=1S/C11H9F2N3O/c12-11(13)17-9-3-1-7(2-4-9)8-5-10(14)16-15-6-8/h1-6,11H,(H2,14,16). The molecule has 88 valence electrons. The molecule has 2 rings (SSSR count). The third kappa shape index (κ3) is 2.87. The Labute approximate surface area is 96.0 Å². The number of nitrogens with two attached hydrogens (primary N) is 1. The average molecular weight is 237 g/mol. The van der Waals surface area contributed by atoms with E-state index in [2.05, 4.69) is 14.9 Å². The molecule has 0 aliphatic carbocycles. The van der Waals surface area contributed by atoms with Crippen LogP contribution in [0.4, 0.5) is 14.6 Å². The summed E-state index contributed by atoms with van der Waals surface area (Å²) in [4.78, 5) is 0. The van der Waals surface area contributed by atoms with Gasteiger partial charge < -0.3 is 10.5 Å². The Morgan fingerprint density at radius 1 is 1.12 bits per heavy atom. The number of aromatic nitrogens is 2. The van der Waals surface area contributed by atoms with Gasteiger partial charge in [0.05, 0.1) is 6.20 Å². The SMILES string of the molecule is Nc1cc(-c2ccc(OC(F)F)cc2)cnn1. The number of nitrogen functional groups attached to an aromatic ring is 1. The molecule has 0 fully saturated rings. The van der Waals surface area contributed by atoms with E-state index >= 15 is 0 Å². The highest BCUT2D eigenvalue weighted by Gasteiger charge is 2.04. The van der Waals surface area contributed by atoms with Gasteiger partial charge in [-0.2, -0.15) is 13.9 Å². The Morgan fingerprint density at radius 2 is 1.82 bits per heavy atom. The van der Waals surface area contributed by atoms with Crippen molar-refractivity contribution in [3.8, 4) is 16.9 Å². The van der Waals surface area contributed by atoms with Gasteiger partial charge in [-0.1, -0.05) is 12.1 Å². The topological polar surface area (TPSA) is 61.0 Å². The Balaban J connectivity index is 2.23. The molecule has 0 atom stereocenters. The molecule has 1 aromatic carbocycles. The lowest BCUT2D eigenvalue weighted by Gasteiger charge is -2.05. The number of nitrogens with zero attached hydrogens (tertiary/aromatic N) is 2. The molecular formula is C11H9F2N3O. The van der Waals surface area contributed by atoms with E-state index in [-0.39, 0.29) is 5.75 Å². The second-order valence-electron chi connectivity index (χ2n) is 3.27. The largest absolute Gasteiger partial charge is 0.435 e. The van der Waals surface area contributed by atoms with Crippen LogP contribution in [0.5, 0.6) is 5.75 Å². The molecule has 0 saturated carbocycles. The number of benzene rings is 1. The number of alkyl halides is 2. The molecule has 0 saturated heterocycles. The van der Waals surface area contributed by atoms with Crippen molar-refractivity contribution >= 4 is 5.82 Å². The molecule has 0 aliphatic rings. The first-order valence-electron chi connectivity index (χ1n) is 4.78. The maximum Gasteiger partial charge on any atom is 0.387 e. The maximum absolute atomic E-state index is 11.9. The third-order valence-electron chi connectivity index (χ3n) is 2.09. The van der Waals surface area contributed by atoms with E-state index in [0.29, 0.717) is 5.82 Å². The fourth-order valence-electron chi connectivity index (χ4n) is 1.37. The van der Waals surface area contributed by atoms with Crippen molar-refractivity contribution in [1.29, 1.82) is 0 Å². The van der Waals surface area contributed by atoms with Crippen molar-refractivity contribution in [3.63, 3.8) is 0 Å². The first-order valence-corrected chi connectivity index (χ1v) is 4.78. The van der Waals surface area contributed by atoms with Crippen LogP contribution in [0.1, 0.15) is 0 Å². The summed E-state index contributed by atoms with van der Waals surface area (Å²) in [5, 5.41) is 7.33. The Hall–Kier alpha value is -2.24. The van der Waals surface area contributed by atoms with Crippen LogP contribution in [0.25, 0.3) is 11.1 Å². The fourth-order valence-corrected chi connectivity index (χ4v) is 1.37. The molecule has 4 nitrogen and oxygen atoms in total. The average Bonchev–Trinajstić information content (AvgIpc) is 2.29. The lowest BCUT2D eigenvalue weighted by molar-refractivity contribution is -0.0498. The number of hydrogen-bond acceptors (Lipinski definition) is 4. The zero-order chi connectivity index (χ0) is 12.3. The van der Waals surface area contributed by atoms with Crippen LogP contribution in [0.15, 0.2) is 36.5 Å². The predicted molar refractivity (Wildman–Crippen MR) is 58.5 cm³/mol. The molecule has 0 aliphatic heterocycles. The first kappa shape index (κ1) is 11.3. The van der Waals surface area contributed by atoms with Crippen LogP contribution < -0.4 is 10.5 Å². The van der Waals surface area contributed by atoms with E-state index in [9.17, 15) is 8.78 Å². The molecule has 0 amide bonds. The molecule has 0 spiro atoms. The quantitative estimate of drug-likeness (QED) is 0.889. The molecule has 6 heteroatoms. The molecule has 2 aromatic rings. The van der Waals surface area contributed by atoms with E-state index in [1.165, 1.54) is 12.1 Å². The van der Waals surface area contributed by atoms with Gasteiger partial charge >= 0.3 is 6.61 Å². The highest BCUT2D eigenvalue weighted by molar-refractivity contribution is 5.65. The maximum atomic E-state index is 11.9. The smallest absolute Gasteiger partial charge is 0.387 e. The van der Waals surface area contributed by atoms with E-state index in [1.807, 2.05) is 0 Å². The van der Waals surface area contributed by atoms with Crippen molar-refractivity contribution in [2.24, 2.45) is 0 Å². The summed E-state index contributed by atoms with van der Waals surface area (Å²) >= 11 is 0. The second-order valence-corrected chi connectivity index (χ2v) is 3.27. The van der Waals surface area contributed by atoms with E-state index in [4.69, 9.17) is 5.73 Å². The van der Waals surface area contributed by atoms with Crippen LogP contribution in [-0.2, 0) is 0 Å². The number of rotatable bonds is 3. The van der Waals surface area contributed by atoms with Gasteiger partial charge in [0.25, 0.3) is 0 Å². The summed E-state index contributed by atoms with van der Waals surface area (Å²) in [6.07, 6.45) is 1.54. The second kappa shape index (κ2) is 4.73. The zero-order valence-corrected chi connectivity index (χ0v) is 8.68. The predicted octanol–water partition coefficient (Wildman–Crippen LogP) is 2.33. The summed E-state index contributed by atoms with van der Waals surface area (Å²) in [6.45, 7) is -2.82. The van der Waals surface area contributed by atoms with Gasteiger partial charge in [-0.05, 0) is 23.8 Å². The molecule has 17 heavy (non-hydrogen) atoms. The van der Waals surface area contributed by atoms with Crippen molar-refractivity contribution in [2.75, 3.05) is 5.73 Å². The fraction of sp³-hybridized carbons (Fsp3) is 0.0909. The Morgan fingerprint density at radius 3 is 2.41 bits per heavy atom. The van der Waals surface area contributed by atoms with Gasteiger partial charge in [0.2, 0.25) is 0 Å². The molecule has 0 unspecified atom stereocenters. The van der Waals surface area contributed by atoms with Gasteiger partial charge in [-0.25, -0.2) is 0 Å². The molecule has 0 bridgehead atoms. The van der Waals surface area contributed by atoms with Crippen LogP contribution in [0, 0.1) is 0 Å². The van der Waals surface area contributed by atoms with E-state index < -0.39 is 6.61 Å². The van der Waals surface area contributed by atoms with E-state index in [0.717, 1.165) is 11.1 Å². The summed E-state index contributed by atoms with van der Waals surface area (Å²) in [7, 11) is 0. The van der Waals surface area contributed by atoms with Crippen LogP contribution in [-0.4, -0.2) is 16.8 Å². The van der Waals surface area contributed by atoms with Crippen molar-refractivity contribution in [3.05, 3.63) is 36.5 Å².